The van der Waals surface area contributed by atoms with Crippen LogP contribution in [0.15, 0.2) is 46.2 Å². The van der Waals surface area contributed by atoms with Crippen LogP contribution in [-0.4, -0.2) is 24.0 Å². The van der Waals surface area contributed by atoms with Gasteiger partial charge in [0.2, 0.25) is 5.91 Å². The van der Waals surface area contributed by atoms with Crippen molar-refractivity contribution < 1.29 is 14.5 Å². The number of anilines is 2. The predicted molar refractivity (Wildman–Crippen MR) is 130 cm³/mol. The Hall–Kier alpha value is -2.74. The van der Waals surface area contributed by atoms with Crippen molar-refractivity contribution in [3.05, 3.63) is 46.5 Å². The minimum Gasteiger partial charge on any atom is -0.492 e. The summed E-state index contributed by atoms with van der Waals surface area (Å²) in [5, 5.41) is 17.3. The Morgan fingerprint density at radius 1 is 1.09 bits per heavy atom. The topological polar surface area (TPSA) is 93.5 Å². The molecule has 7 nitrogen and oxygen atoms in total. The van der Waals surface area contributed by atoms with Gasteiger partial charge in [-0.3, -0.25) is 14.9 Å². The zero-order chi connectivity index (χ0) is 23.0. The number of rotatable bonds is 12. The number of unbranched alkanes of at least 4 members (excludes halogenated alkanes) is 3. The SMILES string of the molecule is O=C(CCCCCCC1CCC1)NCCOc1ccc2c(c1)Sc1cc([N+](=O)[O-])ccc1N2. The quantitative estimate of drug-likeness (QED) is 0.180. The number of hydrogen-bond acceptors (Lipinski definition) is 6. The summed E-state index contributed by atoms with van der Waals surface area (Å²) in [6.45, 7) is 0.865. The minimum absolute atomic E-state index is 0.0725. The number of non-ortho nitro benzene ring substituents is 1. The molecule has 33 heavy (non-hydrogen) atoms. The van der Waals surface area contributed by atoms with Crippen molar-refractivity contribution in [3.63, 3.8) is 0 Å². The maximum absolute atomic E-state index is 12.0. The van der Waals surface area contributed by atoms with Crippen LogP contribution < -0.4 is 15.4 Å². The van der Waals surface area contributed by atoms with Gasteiger partial charge in [0.25, 0.3) is 5.69 Å². The highest BCUT2D eigenvalue weighted by Crippen LogP contribution is 2.46. The largest absolute Gasteiger partial charge is 0.492 e. The van der Waals surface area contributed by atoms with Crippen LogP contribution in [-0.2, 0) is 4.79 Å². The predicted octanol–water partition coefficient (Wildman–Crippen LogP) is 6.44. The molecule has 1 aliphatic heterocycles. The average molecular weight is 470 g/mol. The smallest absolute Gasteiger partial charge is 0.270 e. The Morgan fingerprint density at radius 2 is 1.85 bits per heavy atom. The van der Waals surface area contributed by atoms with Gasteiger partial charge in [0, 0.05) is 28.3 Å². The van der Waals surface area contributed by atoms with Crippen molar-refractivity contribution in [2.45, 2.75) is 67.6 Å². The molecule has 1 aliphatic carbocycles. The van der Waals surface area contributed by atoms with E-state index in [0.29, 0.717) is 25.3 Å². The summed E-state index contributed by atoms with van der Waals surface area (Å²) >= 11 is 1.48. The fourth-order valence-corrected chi connectivity index (χ4v) is 5.21. The molecule has 0 aromatic heterocycles. The molecular formula is C25H31N3O4S. The third-order valence-corrected chi connectivity index (χ3v) is 7.42. The Bertz CT molecular complexity index is 994. The number of amides is 1. The molecule has 0 spiro atoms. The molecule has 2 N–H and O–H groups in total. The Morgan fingerprint density at radius 3 is 2.61 bits per heavy atom. The van der Waals surface area contributed by atoms with Gasteiger partial charge in [-0.15, -0.1) is 0 Å². The molecule has 1 saturated carbocycles. The summed E-state index contributed by atoms with van der Waals surface area (Å²) in [5.74, 6) is 1.77. The maximum atomic E-state index is 12.0. The summed E-state index contributed by atoms with van der Waals surface area (Å²) < 4.78 is 5.80. The summed E-state index contributed by atoms with van der Waals surface area (Å²) in [6, 6.07) is 10.5. The van der Waals surface area contributed by atoms with E-state index in [1.54, 1.807) is 12.1 Å². The zero-order valence-corrected chi connectivity index (χ0v) is 19.6. The van der Waals surface area contributed by atoms with Crippen LogP contribution in [0.5, 0.6) is 5.75 Å². The van der Waals surface area contributed by atoms with E-state index in [4.69, 9.17) is 4.74 Å². The van der Waals surface area contributed by atoms with E-state index < -0.39 is 0 Å². The molecule has 4 rings (SSSR count). The van der Waals surface area contributed by atoms with Crippen LogP contribution in [0.25, 0.3) is 0 Å². The molecule has 8 heteroatoms. The van der Waals surface area contributed by atoms with Crippen molar-refractivity contribution in [3.8, 4) is 5.75 Å². The Labute approximate surface area is 198 Å². The number of carbonyl (C=O) groups excluding carboxylic acids is 1. The fraction of sp³-hybridized carbons (Fsp3) is 0.480. The normalized spacial score (nSPS) is 14.4. The second kappa shape index (κ2) is 11.4. The molecule has 1 heterocycles. The van der Waals surface area contributed by atoms with Crippen LogP contribution in [0.2, 0.25) is 0 Å². The van der Waals surface area contributed by atoms with Crippen LogP contribution in [0.4, 0.5) is 17.1 Å². The molecule has 0 bridgehead atoms. The van der Waals surface area contributed by atoms with Gasteiger partial charge in [-0.25, -0.2) is 0 Å². The molecular weight excluding hydrogens is 438 g/mol. The van der Waals surface area contributed by atoms with Gasteiger partial charge in [0.05, 0.1) is 22.8 Å². The number of carbonyl (C=O) groups is 1. The summed E-state index contributed by atoms with van der Waals surface area (Å²) in [7, 11) is 0. The second-order valence-corrected chi connectivity index (χ2v) is 9.85. The van der Waals surface area contributed by atoms with E-state index in [2.05, 4.69) is 10.6 Å². The molecule has 0 atom stereocenters. The van der Waals surface area contributed by atoms with Crippen molar-refractivity contribution in [2.24, 2.45) is 5.92 Å². The number of ether oxygens (including phenoxy) is 1. The molecule has 2 aliphatic rings. The van der Waals surface area contributed by atoms with Gasteiger partial charge >= 0.3 is 0 Å². The molecule has 1 amide bonds. The number of nitrogens with one attached hydrogen (secondary N) is 2. The number of nitro benzene ring substituents is 1. The highest BCUT2D eigenvalue weighted by Gasteiger charge is 2.19. The summed E-state index contributed by atoms with van der Waals surface area (Å²) in [5.41, 5.74) is 1.87. The van der Waals surface area contributed by atoms with Crippen molar-refractivity contribution in [2.75, 3.05) is 18.5 Å². The van der Waals surface area contributed by atoms with Gasteiger partial charge in [0.1, 0.15) is 12.4 Å². The number of nitrogens with zero attached hydrogens (tertiary/aromatic N) is 1. The molecule has 2 aromatic carbocycles. The number of nitro groups is 1. The third-order valence-electron chi connectivity index (χ3n) is 6.30. The minimum atomic E-state index is -0.388. The van der Waals surface area contributed by atoms with E-state index >= 15 is 0 Å². The Kier molecular flexibility index (Phi) is 8.10. The van der Waals surface area contributed by atoms with E-state index in [1.165, 1.54) is 56.4 Å². The van der Waals surface area contributed by atoms with E-state index in [1.807, 2.05) is 18.2 Å². The monoisotopic (exact) mass is 469 g/mol. The lowest BCUT2D eigenvalue weighted by atomic mass is 9.81. The molecule has 2 aromatic rings. The fourth-order valence-electron chi connectivity index (χ4n) is 4.16. The lowest BCUT2D eigenvalue weighted by Gasteiger charge is -2.24. The lowest BCUT2D eigenvalue weighted by molar-refractivity contribution is -0.385. The van der Waals surface area contributed by atoms with Crippen LogP contribution >= 0.6 is 11.8 Å². The van der Waals surface area contributed by atoms with E-state index in [0.717, 1.165) is 39.9 Å². The first-order valence-corrected chi connectivity index (χ1v) is 12.7. The molecule has 0 radical (unpaired) electrons. The number of fused-ring (bicyclic) bond motifs is 2. The van der Waals surface area contributed by atoms with Crippen molar-refractivity contribution >= 4 is 34.7 Å². The van der Waals surface area contributed by atoms with Gasteiger partial charge < -0.3 is 15.4 Å². The molecule has 0 unspecified atom stereocenters. The van der Waals surface area contributed by atoms with Gasteiger partial charge in [-0.2, -0.15) is 0 Å². The molecule has 176 valence electrons. The highest BCUT2D eigenvalue weighted by atomic mass is 32.2. The van der Waals surface area contributed by atoms with E-state index in [9.17, 15) is 14.9 Å². The van der Waals surface area contributed by atoms with Gasteiger partial charge in [-0.1, -0.05) is 56.7 Å². The standard InChI is InChI=1S/C25H31N3O4S/c29-25(9-4-2-1-3-6-18-7-5-8-18)26-14-15-32-20-11-13-22-24(17-20)33-23-16-19(28(30)31)10-12-21(23)27-22/h10-13,16-18,27H,1-9,14-15H2,(H,26,29). The first-order chi connectivity index (χ1) is 16.1. The third kappa shape index (κ3) is 6.63. The average Bonchev–Trinajstić information content (AvgIpc) is 2.78. The number of hydrogen-bond donors (Lipinski definition) is 2. The second-order valence-electron chi connectivity index (χ2n) is 8.77. The summed E-state index contributed by atoms with van der Waals surface area (Å²) in [6.07, 6.45) is 10.8. The number of benzene rings is 2. The van der Waals surface area contributed by atoms with E-state index in [-0.39, 0.29) is 16.5 Å². The highest BCUT2D eigenvalue weighted by molar-refractivity contribution is 7.99. The first kappa shape index (κ1) is 23.4. The van der Waals surface area contributed by atoms with Crippen molar-refractivity contribution in [1.29, 1.82) is 0 Å². The van der Waals surface area contributed by atoms with Crippen molar-refractivity contribution in [1.82, 2.24) is 5.32 Å². The van der Waals surface area contributed by atoms with Crippen LogP contribution in [0.3, 0.4) is 0 Å². The zero-order valence-electron chi connectivity index (χ0n) is 18.8. The van der Waals surface area contributed by atoms with Gasteiger partial charge in [-0.05, 0) is 36.6 Å². The summed E-state index contributed by atoms with van der Waals surface area (Å²) in [4.78, 5) is 24.4. The molecule has 0 saturated heterocycles. The van der Waals surface area contributed by atoms with Gasteiger partial charge in [0.15, 0.2) is 0 Å². The first-order valence-electron chi connectivity index (χ1n) is 11.9. The Balaban J connectivity index is 1.14. The maximum Gasteiger partial charge on any atom is 0.270 e. The lowest BCUT2D eigenvalue weighted by Crippen LogP contribution is -2.27. The van der Waals surface area contributed by atoms with Crippen LogP contribution in [0.1, 0.15) is 57.8 Å². The molecule has 1 fully saturated rings. The van der Waals surface area contributed by atoms with Crippen LogP contribution in [0, 0.1) is 16.0 Å².